The summed E-state index contributed by atoms with van der Waals surface area (Å²) < 4.78 is 42.4. The van der Waals surface area contributed by atoms with Crippen molar-refractivity contribution in [3.05, 3.63) is 114 Å². The molecular formula is C49H51N7O10S. The zero-order valence-electron chi connectivity index (χ0n) is 37.0. The number of sulfonamides is 1. The second kappa shape index (κ2) is 20.0. The van der Waals surface area contributed by atoms with Gasteiger partial charge in [-0.3, -0.25) is 9.59 Å². The average Bonchev–Trinajstić information content (AvgIpc) is 3.92. The van der Waals surface area contributed by atoms with Crippen molar-refractivity contribution in [1.29, 1.82) is 0 Å². The van der Waals surface area contributed by atoms with Crippen molar-refractivity contribution in [3.8, 4) is 22.9 Å². The fourth-order valence-corrected chi connectivity index (χ4v) is 9.88. The van der Waals surface area contributed by atoms with Gasteiger partial charge in [0, 0.05) is 84.3 Å². The van der Waals surface area contributed by atoms with Crippen LogP contribution in [0, 0.1) is 0 Å². The summed E-state index contributed by atoms with van der Waals surface area (Å²) in [5.74, 6) is -1.91. The predicted molar refractivity (Wildman–Crippen MR) is 253 cm³/mol. The highest BCUT2D eigenvalue weighted by Crippen LogP contribution is 2.37. The lowest BCUT2D eigenvalue weighted by Crippen LogP contribution is -2.42. The van der Waals surface area contributed by atoms with E-state index in [1.54, 1.807) is 66.9 Å². The zero-order chi connectivity index (χ0) is 47.2. The number of hydrogen-bond donors (Lipinski definition) is 6. The third-order valence-corrected chi connectivity index (χ3v) is 13.4. The van der Waals surface area contributed by atoms with Gasteiger partial charge in [0.2, 0.25) is 10.0 Å². The van der Waals surface area contributed by atoms with Crippen LogP contribution in [0.3, 0.4) is 0 Å². The van der Waals surface area contributed by atoms with Gasteiger partial charge in [-0.15, -0.1) is 0 Å². The van der Waals surface area contributed by atoms with Crippen LogP contribution in [0.25, 0.3) is 44.1 Å². The largest absolute Gasteiger partial charge is 0.484 e. The van der Waals surface area contributed by atoms with Gasteiger partial charge < -0.3 is 44.8 Å². The number of carbonyl (C=O) groups excluding carboxylic acids is 2. The predicted octanol–water partition coefficient (Wildman–Crippen LogP) is 6.27. The summed E-state index contributed by atoms with van der Waals surface area (Å²) in [4.78, 5) is 60.0. The first-order chi connectivity index (χ1) is 32.3. The molecule has 0 spiro atoms. The van der Waals surface area contributed by atoms with Gasteiger partial charge in [0.1, 0.15) is 23.4 Å². The SMILES string of the molecule is CN(C)c1cccc2c(S(=O)(=O)NCCNC(=O)COc3ccc(-c4nc5cc(C(=O)NC(Cc6c[nH]c7ccc(OCC(=O)O)cc67)C(=O)O)ccc5n4C4CCCCC4)cc3)cccc12. The van der Waals surface area contributed by atoms with E-state index in [1.165, 1.54) is 0 Å². The number of nitrogens with zero attached hydrogens (tertiary/aromatic N) is 3. The maximum atomic E-state index is 13.7. The molecule has 1 atom stereocenters. The van der Waals surface area contributed by atoms with Gasteiger partial charge in [-0.05, 0) is 91.2 Å². The smallest absolute Gasteiger partial charge is 0.341 e. The molecule has 0 radical (unpaired) electrons. The molecule has 5 aromatic carbocycles. The maximum Gasteiger partial charge on any atom is 0.341 e. The number of carboxylic acid groups (broad SMARTS) is 2. The van der Waals surface area contributed by atoms with Crippen molar-refractivity contribution in [2.75, 3.05) is 45.3 Å². The number of imidazole rings is 1. The normalized spacial score (nSPS) is 13.6. The summed E-state index contributed by atoms with van der Waals surface area (Å²) in [6.07, 6.45) is 6.80. The molecule has 17 nitrogen and oxygen atoms in total. The van der Waals surface area contributed by atoms with Crippen LogP contribution in [0.5, 0.6) is 11.5 Å². The van der Waals surface area contributed by atoms with Crippen molar-refractivity contribution in [2.45, 2.75) is 55.5 Å². The van der Waals surface area contributed by atoms with Gasteiger partial charge in [-0.2, -0.15) is 0 Å². The van der Waals surface area contributed by atoms with Crippen LogP contribution in [0.4, 0.5) is 5.69 Å². The summed E-state index contributed by atoms with van der Waals surface area (Å²) in [6, 6.07) is 26.9. The van der Waals surface area contributed by atoms with Crippen LogP contribution in [-0.2, 0) is 30.8 Å². The number of amides is 2. The van der Waals surface area contributed by atoms with E-state index in [9.17, 15) is 32.7 Å². The highest BCUT2D eigenvalue weighted by atomic mass is 32.2. The molecule has 8 rings (SSSR count). The van der Waals surface area contributed by atoms with E-state index in [0.29, 0.717) is 44.7 Å². The minimum atomic E-state index is -3.87. The van der Waals surface area contributed by atoms with Crippen LogP contribution in [-0.4, -0.2) is 103 Å². The third-order valence-electron chi connectivity index (χ3n) is 11.9. The summed E-state index contributed by atoms with van der Waals surface area (Å²) in [5.41, 5.74) is 4.64. The number of nitrogens with one attached hydrogen (secondary N) is 4. The van der Waals surface area contributed by atoms with Crippen LogP contribution in [0.1, 0.15) is 54.1 Å². The molecule has 0 saturated heterocycles. The molecule has 18 heteroatoms. The van der Waals surface area contributed by atoms with E-state index in [1.807, 2.05) is 55.4 Å². The Morgan fingerprint density at radius 3 is 2.31 bits per heavy atom. The Balaban J connectivity index is 0.909. The Bertz CT molecular complexity index is 3090. The van der Waals surface area contributed by atoms with E-state index >= 15 is 0 Å². The van der Waals surface area contributed by atoms with Crippen molar-refractivity contribution < 1.29 is 47.3 Å². The van der Waals surface area contributed by atoms with Gasteiger partial charge in [0.15, 0.2) is 13.2 Å². The topological polar surface area (TPSA) is 234 Å². The molecule has 2 amide bonds. The van der Waals surface area contributed by atoms with Gasteiger partial charge in [0.25, 0.3) is 11.8 Å². The van der Waals surface area contributed by atoms with Crippen molar-refractivity contribution in [3.63, 3.8) is 0 Å². The number of hydrogen-bond acceptors (Lipinski definition) is 10. The van der Waals surface area contributed by atoms with Gasteiger partial charge in [-0.25, -0.2) is 27.7 Å². The number of H-pyrrole nitrogens is 1. The highest BCUT2D eigenvalue weighted by molar-refractivity contribution is 7.89. The van der Waals surface area contributed by atoms with Crippen molar-refractivity contribution >= 4 is 72.2 Å². The molecule has 2 heterocycles. The summed E-state index contributed by atoms with van der Waals surface area (Å²) >= 11 is 0. The lowest BCUT2D eigenvalue weighted by Gasteiger charge is -2.25. The minimum absolute atomic E-state index is 0.0214. The maximum absolute atomic E-state index is 13.7. The standard InChI is InChI=1S/C49H51N7O10S/c1-55(2)42-12-6-11-37-36(42)10-7-13-44(37)67(63,64)52-23-22-50-45(57)28-65-34-17-14-30(15-18-34)47-53-40-24-31(16-21-43(40)56(47)33-8-4-3-5-9-33)48(60)54-41(49(61)62)25-32-27-51-39-20-19-35(26-38(32)39)66-29-46(58)59/h6-7,10-21,24,26-27,33,41,51-52H,3-5,8-9,22-23,25,28-29H2,1-2H3,(H,50,57)(H,54,60)(H,58,59)(H,61,62). The Kier molecular flexibility index (Phi) is 13.7. The average molecular weight is 930 g/mol. The van der Waals surface area contributed by atoms with E-state index < -0.39 is 46.4 Å². The lowest BCUT2D eigenvalue weighted by molar-refractivity contribution is -0.140. The van der Waals surface area contributed by atoms with Crippen LogP contribution < -0.4 is 29.7 Å². The Hall–Kier alpha value is -7.44. The number of carboxylic acids is 2. The molecule has 0 aliphatic heterocycles. The van der Waals surface area contributed by atoms with Crippen LogP contribution in [0.2, 0.25) is 0 Å². The lowest BCUT2D eigenvalue weighted by atomic mass is 9.94. The van der Waals surface area contributed by atoms with Crippen molar-refractivity contribution in [2.24, 2.45) is 0 Å². The van der Waals surface area contributed by atoms with E-state index in [4.69, 9.17) is 19.6 Å². The number of carbonyl (C=O) groups is 4. The van der Waals surface area contributed by atoms with Crippen LogP contribution in [0.15, 0.2) is 108 Å². The number of anilines is 1. The number of aromatic nitrogens is 3. The highest BCUT2D eigenvalue weighted by Gasteiger charge is 2.26. The molecular weight excluding hydrogens is 879 g/mol. The van der Waals surface area contributed by atoms with Gasteiger partial charge in [-0.1, -0.05) is 43.5 Å². The molecule has 0 bridgehead atoms. The summed E-state index contributed by atoms with van der Waals surface area (Å²) in [7, 11) is -0.0740. The van der Waals surface area contributed by atoms with E-state index in [2.05, 4.69) is 24.9 Å². The number of ether oxygens (including phenoxy) is 2. The number of fused-ring (bicyclic) bond motifs is 3. The first kappa shape index (κ1) is 46.1. The molecule has 67 heavy (non-hydrogen) atoms. The number of aliphatic carboxylic acids is 2. The Morgan fingerprint density at radius 1 is 0.836 bits per heavy atom. The molecule has 2 aromatic heterocycles. The number of benzene rings is 5. The first-order valence-corrected chi connectivity index (χ1v) is 23.4. The first-order valence-electron chi connectivity index (χ1n) is 21.9. The van der Waals surface area contributed by atoms with E-state index in [0.717, 1.165) is 54.3 Å². The molecule has 1 aliphatic rings. The molecule has 1 aliphatic carbocycles. The number of aromatic amines is 1. The van der Waals surface area contributed by atoms with Crippen LogP contribution >= 0.6 is 0 Å². The molecule has 7 aromatic rings. The second-order valence-electron chi connectivity index (χ2n) is 16.7. The molecule has 6 N–H and O–H groups in total. The third kappa shape index (κ3) is 10.5. The second-order valence-corrected chi connectivity index (χ2v) is 18.4. The van der Waals surface area contributed by atoms with Crippen molar-refractivity contribution in [1.82, 2.24) is 29.9 Å². The quantitative estimate of drug-likeness (QED) is 0.0493. The number of rotatable bonds is 19. The fraction of sp³-hybridized carbons (Fsp3) is 0.286. The zero-order valence-corrected chi connectivity index (χ0v) is 37.8. The Morgan fingerprint density at radius 2 is 1.57 bits per heavy atom. The molecule has 348 valence electrons. The fourth-order valence-electron chi connectivity index (χ4n) is 8.63. The van der Waals surface area contributed by atoms with Gasteiger partial charge in [0.05, 0.1) is 15.9 Å². The Labute approximate surface area is 386 Å². The minimum Gasteiger partial charge on any atom is -0.484 e. The monoisotopic (exact) mass is 929 g/mol. The summed E-state index contributed by atoms with van der Waals surface area (Å²) in [6.45, 7) is -0.786. The van der Waals surface area contributed by atoms with Gasteiger partial charge >= 0.3 is 11.9 Å². The molecule has 1 saturated carbocycles. The van der Waals surface area contributed by atoms with E-state index in [-0.39, 0.29) is 42.6 Å². The summed E-state index contributed by atoms with van der Waals surface area (Å²) in [5, 5.41) is 26.6. The molecule has 1 fully saturated rings. The molecule has 1 unspecified atom stereocenters.